The van der Waals surface area contributed by atoms with Gasteiger partial charge in [0.15, 0.2) is 0 Å². The molecule has 0 aliphatic rings. The van der Waals surface area contributed by atoms with E-state index in [-0.39, 0.29) is 25.6 Å². The molecule has 0 rings (SSSR count). The number of ether oxygens (including phenoxy) is 2. The minimum absolute atomic E-state index is 0.159. The van der Waals surface area contributed by atoms with Gasteiger partial charge in [0.25, 0.3) is 0 Å². The van der Waals surface area contributed by atoms with E-state index in [1.165, 1.54) is 12.0 Å². The quantitative estimate of drug-likeness (QED) is 0.614. The van der Waals surface area contributed by atoms with Gasteiger partial charge in [0, 0.05) is 13.7 Å². The Bertz CT molecular complexity index is 351. The van der Waals surface area contributed by atoms with Gasteiger partial charge in [-0.3, -0.25) is 9.59 Å². The van der Waals surface area contributed by atoms with Crippen LogP contribution in [-0.4, -0.2) is 50.2 Å². The monoisotopic (exact) mass is 270 g/mol. The molecule has 19 heavy (non-hydrogen) atoms. The van der Waals surface area contributed by atoms with Crippen LogP contribution in [0.15, 0.2) is 0 Å². The van der Waals surface area contributed by atoms with Gasteiger partial charge in [0.1, 0.15) is 12.0 Å². The molecular weight excluding hydrogens is 248 g/mol. The Hall–Kier alpha value is -1.61. The molecule has 0 aromatic rings. The van der Waals surface area contributed by atoms with Crippen molar-refractivity contribution in [2.24, 2.45) is 5.41 Å². The first-order valence-corrected chi connectivity index (χ1v) is 6.30. The van der Waals surface area contributed by atoms with E-state index in [1.807, 2.05) is 6.07 Å². The van der Waals surface area contributed by atoms with Gasteiger partial charge in [-0.25, -0.2) is 0 Å². The van der Waals surface area contributed by atoms with Crippen molar-refractivity contribution in [1.82, 2.24) is 4.90 Å². The van der Waals surface area contributed by atoms with Crippen molar-refractivity contribution < 1.29 is 19.1 Å². The van der Waals surface area contributed by atoms with Crippen LogP contribution >= 0.6 is 0 Å². The zero-order chi connectivity index (χ0) is 14.9. The molecule has 0 radical (unpaired) electrons. The first-order chi connectivity index (χ1) is 8.95. The van der Waals surface area contributed by atoms with E-state index in [1.54, 1.807) is 20.8 Å². The number of carbonyl (C=O) groups excluding carboxylic acids is 2. The van der Waals surface area contributed by atoms with Crippen LogP contribution in [0.4, 0.5) is 0 Å². The van der Waals surface area contributed by atoms with E-state index < -0.39 is 11.4 Å². The molecule has 1 atom stereocenters. The molecule has 1 unspecified atom stereocenters. The molecule has 0 aliphatic heterocycles. The molecule has 0 spiro atoms. The molecule has 0 heterocycles. The molecule has 0 aromatic carbocycles. The van der Waals surface area contributed by atoms with Crippen molar-refractivity contribution in [2.75, 3.05) is 33.4 Å². The standard InChI is InChI=1S/C13H22N2O4/c1-5-13(3,10-14)12(17)15(7-8-18-4)9-11(16)19-6-2/h5-9H2,1-4H3. The lowest BCUT2D eigenvalue weighted by atomic mass is 9.87. The SMILES string of the molecule is CCOC(=O)CN(CCOC)C(=O)C(C)(C#N)CC. The van der Waals surface area contributed by atoms with Gasteiger partial charge in [-0.1, -0.05) is 6.92 Å². The zero-order valence-corrected chi connectivity index (χ0v) is 12.1. The third kappa shape index (κ3) is 5.26. The molecule has 0 saturated heterocycles. The van der Waals surface area contributed by atoms with Crippen LogP contribution in [0, 0.1) is 16.7 Å². The van der Waals surface area contributed by atoms with Crippen LogP contribution in [0.5, 0.6) is 0 Å². The number of nitriles is 1. The topological polar surface area (TPSA) is 79.6 Å². The van der Waals surface area contributed by atoms with Crippen LogP contribution in [-0.2, 0) is 19.1 Å². The van der Waals surface area contributed by atoms with Gasteiger partial charge in [0.05, 0.1) is 19.3 Å². The molecule has 0 aromatic heterocycles. The maximum Gasteiger partial charge on any atom is 0.325 e. The van der Waals surface area contributed by atoms with Crippen LogP contribution in [0.3, 0.4) is 0 Å². The molecule has 0 bridgehead atoms. The molecule has 0 aliphatic carbocycles. The van der Waals surface area contributed by atoms with Gasteiger partial charge in [-0.15, -0.1) is 0 Å². The molecular formula is C13H22N2O4. The third-order valence-corrected chi connectivity index (χ3v) is 2.90. The van der Waals surface area contributed by atoms with Gasteiger partial charge >= 0.3 is 5.97 Å². The molecule has 0 N–H and O–H groups in total. The predicted molar refractivity (Wildman–Crippen MR) is 69.1 cm³/mol. The number of rotatable bonds is 8. The molecule has 0 saturated carbocycles. The fourth-order valence-electron chi connectivity index (χ4n) is 1.44. The summed E-state index contributed by atoms with van der Waals surface area (Å²) < 4.78 is 9.74. The summed E-state index contributed by atoms with van der Waals surface area (Å²) in [5.74, 6) is -0.856. The minimum atomic E-state index is -1.12. The van der Waals surface area contributed by atoms with Crippen LogP contribution in [0.25, 0.3) is 0 Å². The summed E-state index contributed by atoms with van der Waals surface area (Å²) in [6.45, 7) is 5.69. The Morgan fingerprint density at radius 3 is 2.42 bits per heavy atom. The first kappa shape index (κ1) is 17.4. The summed E-state index contributed by atoms with van der Waals surface area (Å²) in [6.07, 6.45) is 0.384. The number of carbonyl (C=O) groups is 2. The van der Waals surface area contributed by atoms with Gasteiger partial charge in [-0.05, 0) is 20.3 Å². The smallest absolute Gasteiger partial charge is 0.325 e. The summed E-state index contributed by atoms with van der Waals surface area (Å²) in [6, 6.07) is 2.01. The fraction of sp³-hybridized carbons (Fsp3) is 0.769. The van der Waals surface area contributed by atoms with E-state index in [2.05, 4.69) is 0 Å². The van der Waals surface area contributed by atoms with Gasteiger partial charge in [-0.2, -0.15) is 5.26 Å². The highest BCUT2D eigenvalue weighted by atomic mass is 16.5. The van der Waals surface area contributed by atoms with Crippen LogP contribution < -0.4 is 0 Å². The lowest BCUT2D eigenvalue weighted by Gasteiger charge is -2.28. The number of amides is 1. The molecule has 6 nitrogen and oxygen atoms in total. The van der Waals surface area contributed by atoms with Crippen molar-refractivity contribution in [1.29, 1.82) is 5.26 Å². The lowest BCUT2D eigenvalue weighted by Crippen LogP contribution is -2.45. The Kier molecular flexibility index (Phi) is 7.77. The Morgan fingerprint density at radius 2 is 2.00 bits per heavy atom. The highest BCUT2D eigenvalue weighted by Crippen LogP contribution is 2.23. The Labute approximate surface area is 114 Å². The average Bonchev–Trinajstić information content (AvgIpc) is 2.42. The van der Waals surface area contributed by atoms with Crippen LogP contribution in [0.1, 0.15) is 27.2 Å². The highest BCUT2D eigenvalue weighted by Gasteiger charge is 2.36. The average molecular weight is 270 g/mol. The summed E-state index contributed by atoms with van der Waals surface area (Å²) >= 11 is 0. The molecule has 1 amide bonds. The Morgan fingerprint density at radius 1 is 1.37 bits per heavy atom. The van der Waals surface area contributed by atoms with Crippen molar-refractivity contribution in [3.05, 3.63) is 0 Å². The van der Waals surface area contributed by atoms with Gasteiger partial charge < -0.3 is 14.4 Å². The third-order valence-electron chi connectivity index (χ3n) is 2.90. The van der Waals surface area contributed by atoms with E-state index >= 15 is 0 Å². The Balaban J connectivity index is 4.88. The second kappa shape index (κ2) is 8.48. The van der Waals surface area contributed by atoms with Crippen molar-refractivity contribution in [3.8, 4) is 6.07 Å². The van der Waals surface area contributed by atoms with E-state index in [0.29, 0.717) is 13.0 Å². The lowest BCUT2D eigenvalue weighted by molar-refractivity contribution is -0.151. The largest absolute Gasteiger partial charge is 0.465 e. The molecule has 108 valence electrons. The normalized spacial score (nSPS) is 13.2. The van der Waals surface area contributed by atoms with Crippen LogP contribution in [0.2, 0.25) is 0 Å². The number of methoxy groups -OCH3 is 1. The van der Waals surface area contributed by atoms with Crippen molar-refractivity contribution in [3.63, 3.8) is 0 Å². The molecule has 6 heteroatoms. The zero-order valence-electron chi connectivity index (χ0n) is 12.1. The van der Waals surface area contributed by atoms with E-state index in [0.717, 1.165) is 0 Å². The summed E-state index contributed by atoms with van der Waals surface area (Å²) in [5, 5.41) is 9.12. The molecule has 0 fully saturated rings. The van der Waals surface area contributed by atoms with E-state index in [9.17, 15) is 9.59 Å². The summed E-state index contributed by atoms with van der Waals surface area (Å²) in [7, 11) is 1.51. The van der Waals surface area contributed by atoms with Crippen molar-refractivity contribution in [2.45, 2.75) is 27.2 Å². The summed E-state index contributed by atoms with van der Waals surface area (Å²) in [5.41, 5.74) is -1.12. The van der Waals surface area contributed by atoms with E-state index in [4.69, 9.17) is 14.7 Å². The number of nitrogens with zero attached hydrogens (tertiary/aromatic N) is 2. The van der Waals surface area contributed by atoms with Gasteiger partial charge in [0.2, 0.25) is 5.91 Å². The second-order valence-corrected chi connectivity index (χ2v) is 4.32. The number of hydrogen-bond acceptors (Lipinski definition) is 5. The maximum absolute atomic E-state index is 12.3. The number of esters is 1. The predicted octanol–water partition coefficient (Wildman–Crippen LogP) is 0.964. The highest BCUT2D eigenvalue weighted by molar-refractivity contribution is 5.88. The maximum atomic E-state index is 12.3. The summed E-state index contributed by atoms with van der Waals surface area (Å²) in [4.78, 5) is 25.1. The van der Waals surface area contributed by atoms with Crippen molar-refractivity contribution >= 4 is 11.9 Å². The second-order valence-electron chi connectivity index (χ2n) is 4.32. The minimum Gasteiger partial charge on any atom is -0.465 e. The first-order valence-electron chi connectivity index (χ1n) is 6.30. The fourth-order valence-corrected chi connectivity index (χ4v) is 1.44. The number of hydrogen-bond donors (Lipinski definition) is 0.